The molecule has 21 heavy (non-hydrogen) atoms. The molecule has 0 bridgehead atoms. The van der Waals surface area contributed by atoms with E-state index in [1.807, 2.05) is 18.2 Å². The van der Waals surface area contributed by atoms with Crippen molar-refractivity contribution in [3.8, 4) is 11.5 Å². The van der Waals surface area contributed by atoms with Crippen LogP contribution in [0.3, 0.4) is 0 Å². The zero-order valence-electron chi connectivity index (χ0n) is 12.0. The fraction of sp³-hybridized carbons (Fsp3) is 0.188. The molecule has 0 radical (unpaired) electrons. The zero-order chi connectivity index (χ0) is 15.2. The van der Waals surface area contributed by atoms with Crippen molar-refractivity contribution >= 4 is 11.6 Å². The van der Waals surface area contributed by atoms with Crippen molar-refractivity contribution in [1.29, 1.82) is 0 Å². The first kappa shape index (κ1) is 14.7. The molecule has 0 aliphatic carbocycles. The number of hydrogen-bond donors (Lipinski definition) is 3. The van der Waals surface area contributed by atoms with Crippen LogP contribution in [-0.2, 0) is 6.54 Å². The Hall–Kier alpha value is -2.69. The lowest BCUT2D eigenvalue weighted by Crippen LogP contribution is -2.17. The quantitative estimate of drug-likeness (QED) is 0.789. The summed E-state index contributed by atoms with van der Waals surface area (Å²) in [5.41, 5.74) is 2.52. The molecule has 3 N–H and O–H groups in total. The number of methoxy groups -OCH3 is 1. The standard InChI is InChI=1S/C16H18N2O3/c1-17-16(20)12-4-6-13(7-5-12)18-10-11-3-8-14(19)15(9-11)21-2/h3-9,18-19H,10H2,1-2H3,(H,17,20). The van der Waals surface area contributed by atoms with Gasteiger partial charge in [-0.05, 0) is 42.0 Å². The van der Waals surface area contributed by atoms with Crippen molar-refractivity contribution in [3.63, 3.8) is 0 Å². The van der Waals surface area contributed by atoms with E-state index in [9.17, 15) is 9.90 Å². The van der Waals surface area contributed by atoms with Crippen molar-refractivity contribution in [2.75, 3.05) is 19.5 Å². The second-order valence-electron chi connectivity index (χ2n) is 4.52. The topological polar surface area (TPSA) is 70.6 Å². The highest BCUT2D eigenvalue weighted by Crippen LogP contribution is 2.26. The van der Waals surface area contributed by atoms with Crippen LogP contribution in [0.1, 0.15) is 15.9 Å². The van der Waals surface area contributed by atoms with E-state index in [1.54, 1.807) is 31.3 Å². The number of hydrogen-bond acceptors (Lipinski definition) is 4. The zero-order valence-corrected chi connectivity index (χ0v) is 12.0. The van der Waals surface area contributed by atoms with E-state index in [1.165, 1.54) is 7.11 Å². The Kier molecular flexibility index (Phi) is 4.66. The number of phenolic OH excluding ortho intramolecular Hbond substituents is 1. The van der Waals surface area contributed by atoms with E-state index in [2.05, 4.69) is 10.6 Å². The largest absolute Gasteiger partial charge is 0.504 e. The summed E-state index contributed by atoms with van der Waals surface area (Å²) in [5, 5.41) is 15.4. The monoisotopic (exact) mass is 286 g/mol. The molecule has 2 rings (SSSR count). The summed E-state index contributed by atoms with van der Waals surface area (Å²) in [5.74, 6) is 0.463. The van der Waals surface area contributed by atoms with Crippen LogP contribution >= 0.6 is 0 Å². The second-order valence-corrected chi connectivity index (χ2v) is 4.52. The molecule has 0 atom stereocenters. The summed E-state index contributed by atoms with van der Waals surface area (Å²) in [6.07, 6.45) is 0. The van der Waals surface area contributed by atoms with Crippen LogP contribution in [0.4, 0.5) is 5.69 Å². The molecule has 0 saturated heterocycles. The summed E-state index contributed by atoms with van der Waals surface area (Å²) >= 11 is 0. The van der Waals surface area contributed by atoms with Crippen LogP contribution in [-0.4, -0.2) is 25.2 Å². The third-order valence-electron chi connectivity index (χ3n) is 3.11. The number of rotatable bonds is 5. The molecule has 0 aliphatic rings. The number of benzene rings is 2. The van der Waals surface area contributed by atoms with Crippen molar-refractivity contribution in [2.24, 2.45) is 0 Å². The van der Waals surface area contributed by atoms with Crippen LogP contribution in [0, 0.1) is 0 Å². The molecule has 0 heterocycles. The molecule has 0 spiro atoms. The number of nitrogens with one attached hydrogen (secondary N) is 2. The Balaban J connectivity index is 2.01. The Morgan fingerprint density at radius 2 is 1.90 bits per heavy atom. The van der Waals surface area contributed by atoms with E-state index < -0.39 is 0 Å². The molecule has 0 unspecified atom stereocenters. The second kappa shape index (κ2) is 6.65. The van der Waals surface area contributed by atoms with Crippen LogP contribution in [0.15, 0.2) is 42.5 Å². The predicted molar refractivity (Wildman–Crippen MR) is 81.8 cm³/mol. The summed E-state index contributed by atoms with van der Waals surface area (Å²) in [4.78, 5) is 11.4. The van der Waals surface area contributed by atoms with Gasteiger partial charge < -0.3 is 20.5 Å². The van der Waals surface area contributed by atoms with Crippen molar-refractivity contribution in [2.45, 2.75) is 6.54 Å². The fourth-order valence-corrected chi connectivity index (χ4v) is 1.92. The van der Waals surface area contributed by atoms with Crippen molar-refractivity contribution in [1.82, 2.24) is 5.32 Å². The summed E-state index contributed by atoms with van der Waals surface area (Å²) in [6, 6.07) is 12.4. The molecule has 0 saturated carbocycles. The lowest BCUT2D eigenvalue weighted by atomic mass is 10.1. The van der Waals surface area contributed by atoms with E-state index in [-0.39, 0.29) is 11.7 Å². The van der Waals surface area contributed by atoms with Crippen LogP contribution < -0.4 is 15.4 Å². The van der Waals surface area contributed by atoms with Gasteiger partial charge in [0.05, 0.1) is 7.11 Å². The van der Waals surface area contributed by atoms with Gasteiger partial charge in [-0.25, -0.2) is 0 Å². The van der Waals surface area contributed by atoms with Crippen LogP contribution in [0.2, 0.25) is 0 Å². The van der Waals surface area contributed by atoms with Gasteiger partial charge in [-0.15, -0.1) is 0 Å². The molecular formula is C16H18N2O3. The first-order valence-corrected chi connectivity index (χ1v) is 6.56. The first-order valence-electron chi connectivity index (χ1n) is 6.56. The number of carbonyl (C=O) groups excluding carboxylic acids is 1. The first-order chi connectivity index (χ1) is 10.1. The smallest absolute Gasteiger partial charge is 0.251 e. The fourth-order valence-electron chi connectivity index (χ4n) is 1.92. The van der Waals surface area contributed by atoms with E-state index in [0.717, 1.165) is 11.3 Å². The predicted octanol–water partition coefficient (Wildman–Crippen LogP) is 2.37. The lowest BCUT2D eigenvalue weighted by molar-refractivity contribution is 0.0963. The number of carbonyl (C=O) groups is 1. The molecule has 110 valence electrons. The van der Waals surface area contributed by atoms with Gasteiger partial charge in [0.1, 0.15) is 0 Å². The molecule has 2 aromatic carbocycles. The Labute approximate surface area is 123 Å². The highest BCUT2D eigenvalue weighted by Gasteiger charge is 2.04. The lowest BCUT2D eigenvalue weighted by Gasteiger charge is -2.09. The maximum absolute atomic E-state index is 11.4. The molecule has 5 nitrogen and oxygen atoms in total. The Morgan fingerprint density at radius 1 is 1.19 bits per heavy atom. The highest BCUT2D eigenvalue weighted by atomic mass is 16.5. The molecule has 0 aliphatic heterocycles. The molecule has 2 aromatic rings. The van der Waals surface area contributed by atoms with Gasteiger partial charge in [0.2, 0.25) is 0 Å². The van der Waals surface area contributed by atoms with Crippen molar-refractivity contribution < 1.29 is 14.6 Å². The summed E-state index contributed by atoms with van der Waals surface area (Å²) < 4.78 is 5.07. The molecule has 5 heteroatoms. The van der Waals surface area contributed by atoms with Gasteiger partial charge >= 0.3 is 0 Å². The Bertz CT molecular complexity index is 624. The SMILES string of the molecule is CNC(=O)c1ccc(NCc2ccc(O)c(OC)c2)cc1. The minimum absolute atomic E-state index is 0.107. The van der Waals surface area contributed by atoms with E-state index in [4.69, 9.17) is 4.74 Å². The minimum atomic E-state index is -0.107. The summed E-state index contributed by atoms with van der Waals surface area (Å²) in [7, 11) is 3.12. The molecular weight excluding hydrogens is 268 g/mol. The average molecular weight is 286 g/mol. The van der Waals surface area contributed by atoms with E-state index >= 15 is 0 Å². The average Bonchev–Trinajstić information content (AvgIpc) is 2.53. The number of anilines is 1. The van der Waals surface area contributed by atoms with Gasteiger partial charge in [-0.2, -0.15) is 0 Å². The minimum Gasteiger partial charge on any atom is -0.504 e. The maximum Gasteiger partial charge on any atom is 0.251 e. The highest BCUT2D eigenvalue weighted by molar-refractivity contribution is 5.94. The third kappa shape index (κ3) is 3.66. The van der Waals surface area contributed by atoms with E-state index in [0.29, 0.717) is 17.9 Å². The number of amides is 1. The van der Waals surface area contributed by atoms with Crippen LogP contribution in [0.25, 0.3) is 0 Å². The number of aromatic hydroxyl groups is 1. The van der Waals surface area contributed by atoms with Gasteiger partial charge in [0.15, 0.2) is 11.5 Å². The third-order valence-corrected chi connectivity index (χ3v) is 3.11. The summed E-state index contributed by atoms with van der Waals surface area (Å²) in [6.45, 7) is 0.593. The maximum atomic E-state index is 11.4. The number of ether oxygens (including phenoxy) is 1. The molecule has 0 aromatic heterocycles. The van der Waals surface area contributed by atoms with Gasteiger partial charge in [0.25, 0.3) is 5.91 Å². The van der Waals surface area contributed by atoms with Gasteiger partial charge in [0, 0.05) is 24.8 Å². The normalized spacial score (nSPS) is 10.0. The molecule has 1 amide bonds. The molecule has 0 fully saturated rings. The van der Waals surface area contributed by atoms with Gasteiger partial charge in [-0.1, -0.05) is 6.07 Å². The van der Waals surface area contributed by atoms with Crippen LogP contribution in [0.5, 0.6) is 11.5 Å². The number of phenols is 1. The van der Waals surface area contributed by atoms with Gasteiger partial charge in [-0.3, -0.25) is 4.79 Å². The Morgan fingerprint density at radius 3 is 2.52 bits per heavy atom. The van der Waals surface area contributed by atoms with Crippen molar-refractivity contribution in [3.05, 3.63) is 53.6 Å².